The van der Waals surface area contributed by atoms with Crippen LogP contribution in [0.25, 0.3) is 11.4 Å². The van der Waals surface area contributed by atoms with Gasteiger partial charge in [0.2, 0.25) is 5.82 Å². The van der Waals surface area contributed by atoms with Gasteiger partial charge in [-0.1, -0.05) is 193 Å². The molecule has 0 atom stereocenters. The van der Waals surface area contributed by atoms with Crippen LogP contribution in [0.4, 0.5) is 0 Å². The minimum absolute atomic E-state index is 0.578. The van der Waals surface area contributed by atoms with Crippen molar-refractivity contribution in [3.05, 3.63) is 53.6 Å². The molecule has 0 unspecified atom stereocenters. The molecule has 1 aromatic heterocycles. The highest BCUT2D eigenvalue weighted by molar-refractivity contribution is 5.57. The maximum atomic E-state index is 6.35. The highest BCUT2D eigenvalue weighted by atomic mass is 16.5. The molecule has 0 spiro atoms. The summed E-state index contributed by atoms with van der Waals surface area (Å²) in [5.41, 5.74) is 2.76. The molecule has 0 aliphatic heterocycles. The molecule has 1 N–H and O–H groups in total. The van der Waals surface area contributed by atoms with Gasteiger partial charge in [0.15, 0.2) is 11.5 Å². The van der Waals surface area contributed by atoms with Crippen molar-refractivity contribution in [1.29, 1.82) is 0 Å². The van der Waals surface area contributed by atoms with Crippen LogP contribution in [0, 0.1) is 11.8 Å². The molecule has 0 amide bonds. The summed E-state index contributed by atoms with van der Waals surface area (Å²) in [7, 11) is 0. The van der Waals surface area contributed by atoms with E-state index in [-0.39, 0.29) is 0 Å². The molecular formula is C47H74N4O2. The van der Waals surface area contributed by atoms with Crippen molar-refractivity contribution >= 4 is 0 Å². The van der Waals surface area contributed by atoms with Crippen LogP contribution in [0.15, 0.2) is 42.5 Å². The fourth-order valence-electron chi connectivity index (χ4n) is 6.91. The van der Waals surface area contributed by atoms with Gasteiger partial charge in [-0.15, -0.1) is 10.2 Å². The van der Waals surface area contributed by atoms with Crippen LogP contribution in [-0.2, 0) is 0 Å². The molecular weight excluding hydrogens is 653 g/mol. The molecule has 3 rings (SSSR count). The average molecular weight is 727 g/mol. The van der Waals surface area contributed by atoms with E-state index in [0.29, 0.717) is 12.4 Å². The van der Waals surface area contributed by atoms with Crippen molar-refractivity contribution in [3.8, 4) is 34.7 Å². The molecule has 1 heterocycles. The molecule has 0 radical (unpaired) electrons. The van der Waals surface area contributed by atoms with Crippen molar-refractivity contribution in [2.45, 2.75) is 194 Å². The lowest BCUT2D eigenvalue weighted by molar-refractivity contribution is 0.258. The first-order valence-corrected chi connectivity index (χ1v) is 22.1. The molecule has 6 nitrogen and oxygen atoms in total. The monoisotopic (exact) mass is 727 g/mol. The van der Waals surface area contributed by atoms with E-state index in [9.17, 15) is 0 Å². The summed E-state index contributed by atoms with van der Waals surface area (Å²) in [6.07, 6.45) is 38.0. The van der Waals surface area contributed by atoms with E-state index < -0.39 is 0 Å². The number of H-pyrrole nitrogens is 1. The number of benzene rings is 2. The molecule has 0 saturated heterocycles. The van der Waals surface area contributed by atoms with Crippen molar-refractivity contribution in [2.75, 3.05) is 13.2 Å². The Labute approximate surface area is 324 Å². The van der Waals surface area contributed by atoms with Gasteiger partial charge in [0.1, 0.15) is 0 Å². The highest BCUT2D eigenvalue weighted by Gasteiger charge is 2.08. The Morgan fingerprint density at radius 1 is 0.453 bits per heavy atom. The minimum atomic E-state index is 0.578. The van der Waals surface area contributed by atoms with Gasteiger partial charge in [0.25, 0.3) is 0 Å². The van der Waals surface area contributed by atoms with E-state index in [1.807, 2.05) is 42.5 Å². The van der Waals surface area contributed by atoms with Crippen LogP contribution >= 0.6 is 0 Å². The SMILES string of the molecule is CCCCCCCCCCCCCCCCOc1ccc(C#Cc2ccc(-c3nn[nH]n3)cc2)cc1OCCCCCCCCCCCCCCCC. The summed E-state index contributed by atoms with van der Waals surface area (Å²) in [6.45, 7) is 6.02. The number of ether oxygens (including phenoxy) is 2. The lowest BCUT2D eigenvalue weighted by Crippen LogP contribution is -2.03. The lowest BCUT2D eigenvalue weighted by Gasteiger charge is -2.13. The van der Waals surface area contributed by atoms with Crippen molar-refractivity contribution < 1.29 is 9.47 Å². The number of aromatic amines is 1. The number of hydrogen-bond acceptors (Lipinski definition) is 5. The Morgan fingerprint density at radius 2 is 0.849 bits per heavy atom. The third-order valence-electron chi connectivity index (χ3n) is 10.3. The van der Waals surface area contributed by atoms with Crippen LogP contribution in [0.3, 0.4) is 0 Å². The molecule has 53 heavy (non-hydrogen) atoms. The van der Waals surface area contributed by atoms with Crippen LogP contribution in [0.1, 0.15) is 205 Å². The third kappa shape index (κ3) is 21.8. The predicted octanol–water partition coefficient (Wildman–Crippen LogP) is 14.0. The molecule has 0 saturated carbocycles. The van der Waals surface area contributed by atoms with Crippen LogP contribution in [0.2, 0.25) is 0 Å². The third-order valence-corrected chi connectivity index (χ3v) is 10.3. The minimum Gasteiger partial charge on any atom is -0.490 e. The highest BCUT2D eigenvalue weighted by Crippen LogP contribution is 2.29. The zero-order chi connectivity index (χ0) is 37.3. The fraction of sp³-hybridized carbons (Fsp3) is 0.681. The number of tetrazole rings is 1. The largest absolute Gasteiger partial charge is 0.490 e. The molecule has 3 aromatic rings. The van der Waals surface area contributed by atoms with E-state index in [1.165, 1.54) is 167 Å². The van der Waals surface area contributed by atoms with Gasteiger partial charge in [-0.25, -0.2) is 0 Å². The molecule has 2 aromatic carbocycles. The zero-order valence-electron chi connectivity index (χ0n) is 33.9. The Kier molecular flexibility index (Phi) is 25.8. The Hall–Kier alpha value is -3.33. The van der Waals surface area contributed by atoms with E-state index in [4.69, 9.17) is 9.47 Å². The molecule has 0 aliphatic rings. The predicted molar refractivity (Wildman–Crippen MR) is 224 cm³/mol. The number of nitrogens with one attached hydrogen (secondary N) is 1. The first-order chi connectivity index (χ1) is 26.3. The van der Waals surface area contributed by atoms with Gasteiger partial charge in [-0.3, -0.25) is 0 Å². The summed E-state index contributed by atoms with van der Waals surface area (Å²) in [5.74, 6) is 8.84. The van der Waals surface area contributed by atoms with Crippen molar-refractivity contribution in [2.24, 2.45) is 0 Å². The van der Waals surface area contributed by atoms with Crippen LogP contribution < -0.4 is 9.47 Å². The summed E-state index contributed by atoms with van der Waals surface area (Å²) in [5, 5.41) is 14.2. The van der Waals surface area contributed by atoms with Crippen molar-refractivity contribution in [1.82, 2.24) is 20.6 Å². The molecule has 0 fully saturated rings. The van der Waals surface area contributed by atoms with E-state index in [0.717, 1.165) is 47.6 Å². The molecule has 6 heteroatoms. The second-order valence-corrected chi connectivity index (χ2v) is 15.1. The summed E-state index contributed by atoms with van der Waals surface area (Å²) in [4.78, 5) is 0. The van der Waals surface area contributed by atoms with Gasteiger partial charge < -0.3 is 9.47 Å². The maximum absolute atomic E-state index is 6.35. The van der Waals surface area contributed by atoms with E-state index >= 15 is 0 Å². The summed E-state index contributed by atoms with van der Waals surface area (Å²) in [6, 6.07) is 14.0. The number of rotatable bonds is 33. The lowest BCUT2D eigenvalue weighted by atomic mass is 10.0. The van der Waals surface area contributed by atoms with Gasteiger partial charge in [-0.05, 0) is 60.5 Å². The first kappa shape index (κ1) is 44.1. The number of hydrogen-bond donors (Lipinski definition) is 1. The second kappa shape index (κ2) is 31.1. The van der Waals surface area contributed by atoms with Gasteiger partial charge in [-0.2, -0.15) is 5.21 Å². The first-order valence-electron chi connectivity index (χ1n) is 22.1. The maximum Gasteiger partial charge on any atom is 0.204 e. The van der Waals surface area contributed by atoms with Crippen LogP contribution in [-0.4, -0.2) is 33.8 Å². The normalized spacial score (nSPS) is 11.1. The molecule has 0 aliphatic carbocycles. The van der Waals surface area contributed by atoms with Gasteiger partial charge in [0.05, 0.1) is 13.2 Å². The standard InChI is InChI=1S/C47H74N4O2/c1-3-5-7-9-11-13-15-17-19-21-23-25-27-29-39-52-45-38-35-43(32-31-42-33-36-44(37-34-42)47-48-50-51-49-47)41-46(45)53-40-30-28-26-24-22-20-18-16-14-12-10-8-6-4-2/h33-38,41H,3-30,39-40H2,1-2H3,(H,48,49,50,51). The topological polar surface area (TPSA) is 72.9 Å². The van der Waals surface area contributed by atoms with Gasteiger partial charge in [0, 0.05) is 16.7 Å². The Bertz CT molecular complexity index is 1330. The quantitative estimate of drug-likeness (QED) is 0.0500. The van der Waals surface area contributed by atoms with E-state index in [2.05, 4.69) is 46.3 Å². The number of nitrogens with zero attached hydrogens (tertiary/aromatic N) is 3. The van der Waals surface area contributed by atoms with Gasteiger partial charge >= 0.3 is 0 Å². The fourth-order valence-corrected chi connectivity index (χ4v) is 6.91. The van der Waals surface area contributed by atoms with E-state index in [1.54, 1.807) is 0 Å². The number of unbranched alkanes of at least 4 members (excludes halogenated alkanes) is 26. The Balaban J connectivity index is 1.35. The number of aromatic nitrogens is 4. The average Bonchev–Trinajstić information content (AvgIpc) is 3.73. The summed E-state index contributed by atoms with van der Waals surface area (Å²) < 4.78 is 12.6. The molecule has 0 bridgehead atoms. The van der Waals surface area contributed by atoms with Crippen LogP contribution in [0.5, 0.6) is 11.5 Å². The molecule has 294 valence electrons. The Morgan fingerprint density at radius 3 is 1.28 bits per heavy atom. The van der Waals surface area contributed by atoms with Crippen molar-refractivity contribution in [3.63, 3.8) is 0 Å². The smallest absolute Gasteiger partial charge is 0.204 e. The zero-order valence-corrected chi connectivity index (χ0v) is 33.9. The second-order valence-electron chi connectivity index (χ2n) is 15.1. The summed E-state index contributed by atoms with van der Waals surface area (Å²) >= 11 is 0.